The van der Waals surface area contributed by atoms with E-state index in [1.807, 2.05) is 6.07 Å². The van der Waals surface area contributed by atoms with Crippen molar-refractivity contribution in [1.82, 2.24) is 9.88 Å². The van der Waals surface area contributed by atoms with E-state index in [0.717, 1.165) is 5.56 Å². The van der Waals surface area contributed by atoms with Gasteiger partial charge in [-0.25, -0.2) is 0 Å². The van der Waals surface area contributed by atoms with Crippen LogP contribution in [0, 0.1) is 6.92 Å². The molecule has 2 heterocycles. The van der Waals surface area contributed by atoms with Gasteiger partial charge in [0.05, 0.1) is 40.1 Å². The zero-order chi connectivity index (χ0) is 26.7. The second kappa shape index (κ2) is 10.6. The van der Waals surface area contributed by atoms with Gasteiger partial charge in [0.1, 0.15) is 11.5 Å². The van der Waals surface area contributed by atoms with Crippen molar-refractivity contribution in [3.63, 3.8) is 0 Å². The SMILES string of the molecule is COc1ccc(C(O)=C2C(=O)C(=O)N(Cc3cccnc3)C2c2cc(OC)c(OC)c(OC)c2)c(C)c1. The minimum Gasteiger partial charge on any atom is -0.507 e. The smallest absolute Gasteiger partial charge is 0.295 e. The number of amides is 1. The third-order valence-corrected chi connectivity index (χ3v) is 6.31. The lowest BCUT2D eigenvalue weighted by Crippen LogP contribution is -2.29. The summed E-state index contributed by atoms with van der Waals surface area (Å²) in [6.45, 7) is 1.88. The molecule has 0 radical (unpaired) electrons. The third kappa shape index (κ3) is 4.67. The number of likely N-dealkylation sites (tertiary alicyclic amines) is 1. The Balaban J connectivity index is 1.96. The first-order valence-corrected chi connectivity index (χ1v) is 11.5. The summed E-state index contributed by atoms with van der Waals surface area (Å²) in [5.41, 5.74) is 2.28. The van der Waals surface area contributed by atoms with Gasteiger partial charge in [-0.2, -0.15) is 0 Å². The van der Waals surface area contributed by atoms with Crippen molar-refractivity contribution in [2.75, 3.05) is 28.4 Å². The standard InChI is InChI=1S/C28H28N2O7/c1-16-11-19(34-2)8-9-20(16)25(31)23-24(18-12-21(35-3)27(37-5)22(13-18)36-4)30(28(33)26(23)32)15-17-7-6-10-29-14-17/h6-14,24,31H,15H2,1-5H3. The number of hydrogen-bond acceptors (Lipinski definition) is 8. The molecule has 1 amide bonds. The Morgan fingerprint density at radius 1 is 0.973 bits per heavy atom. The average molecular weight is 505 g/mol. The number of nitrogens with zero attached hydrogens (tertiary/aromatic N) is 2. The molecule has 1 aliphatic heterocycles. The Kier molecular flexibility index (Phi) is 7.33. The number of ether oxygens (including phenoxy) is 4. The van der Waals surface area contributed by atoms with Crippen LogP contribution >= 0.6 is 0 Å². The van der Waals surface area contributed by atoms with Gasteiger partial charge >= 0.3 is 0 Å². The molecule has 1 fully saturated rings. The number of Topliss-reactive ketones (excluding diaryl/α,β-unsaturated/α-hetero) is 1. The van der Waals surface area contributed by atoms with Gasteiger partial charge in [0.15, 0.2) is 11.5 Å². The summed E-state index contributed by atoms with van der Waals surface area (Å²) in [5, 5.41) is 11.5. The molecule has 1 N–H and O–H groups in total. The molecule has 1 saturated heterocycles. The van der Waals surface area contributed by atoms with Crippen molar-refractivity contribution in [3.8, 4) is 23.0 Å². The summed E-state index contributed by atoms with van der Waals surface area (Å²) in [7, 11) is 5.99. The third-order valence-electron chi connectivity index (χ3n) is 6.31. The van der Waals surface area contributed by atoms with Crippen LogP contribution in [-0.2, 0) is 16.1 Å². The van der Waals surface area contributed by atoms with Gasteiger partial charge in [0, 0.05) is 24.5 Å². The lowest BCUT2D eigenvalue weighted by molar-refractivity contribution is -0.140. The highest BCUT2D eigenvalue weighted by Gasteiger charge is 2.46. The van der Waals surface area contributed by atoms with E-state index in [0.29, 0.717) is 39.7 Å². The van der Waals surface area contributed by atoms with Gasteiger partial charge in [-0.05, 0) is 60.0 Å². The Hall–Kier alpha value is -4.53. The van der Waals surface area contributed by atoms with Crippen LogP contribution in [0.5, 0.6) is 23.0 Å². The predicted molar refractivity (Wildman–Crippen MR) is 136 cm³/mol. The summed E-state index contributed by atoms with van der Waals surface area (Å²) in [5.74, 6) is -0.151. The van der Waals surface area contributed by atoms with E-state index in [1.165, 1.54) is 26.2 Å². The Labute approximate surface area is 214 Å². The average Bonchev–Trinajstić information content (AvgIpc) is 3.17. The molecule has 9 nitrogen and oxygen atoms in total. The molecular formula is C28H28N2O7. The van der Waals surface area contributed by atoms with Gasteiger partial charge in [-0.15, -0.1) is 0 Å². The van der Waals surface area contributed by atoms with E-state index >= 15 is 0 Å². The van der Waals surface area contributed by atoms with Crippen LogP contribution in [0.15, 0.2) is 60.4 Å². The molecular weight excluding hydrogens is 476 g/mol. The topological polar surface area (TPSA) is 107 Å². The maximum absolute atomic E-state index is 13.4. The van der Waals surface area contributed by atoms with Gasteiger partial charge in [0.2, 0.25) is 5.75 Å². The number of aliphatic hydroxyl groups excluding tert-OH is 1. The zero-order valence-electron chi connectivity index (χ0n) is 21.3. The van der Waals surface area contributed by atoms with Crippen molar-refractivity contribution in [1.29, 1.82) is 0 Å². The maximum Gasteiger partial charge on any atom is 0.295 e. The summed E-state index contributed by atoms with van der Waals surface area (Å²) >= 11 is 0. The predicted octanol–water partition coefficient (Wildman–Crippen LogP) is 4.05. The summed E-state index contributed by atoms with van der Waals surface area (Å²) < 4.78 is 21.7. The monoisotopic (exact) mass is 504 g/mol. The fourth-order valence-electron chi connectivity index (χ4n) is 4.51. The first-order valence-electron chi connectivity index (χ1n) is 11.5. The van der Waals surface area contributed by atoms with E-state index in [1.54, 1.807) is 62.8 Å². The van der Waals surface area contributed by atoms with Crippen LogP contribution in [0.25, 0.3) is 5.76 Å². The van der Waals surface area contributed by atoms with Gasteiger partial charge in [0.25, 0.3) is 11.7 Å². The van der Waals surface area contributed by atoms with Gasteiger partial charge < -0.3 is 29.0 Å². The highest BCUT2D eigenvalue weighted by atomic mass is 16.5. The fourth-order valence-corrected chi connectivity index (χ4v) is 4.51. The molecule has 1 aromatic heterocycles. The van der Waals surface area contributed by atoms with Crippen molar-refractivity contribution in [2.45, 2.75) is 19.5 Å². The number of rotatable bonds is 8. The lowest BCUT2D eigenvalue weighted by atomic mass is 9.93. The summed E-state index contributed by atoms with van der Waals surface area (Å²) in [4.78, 5) is 32.3. The van der Waals surface area contributed by atoms with E-state index in [-0.39, 0.29) is 17.9 Å². The largest absolute Gasteiger partial charge is 0.507 e. The first-order chi connectivity index (χ1) is 17.8. The quantitative estimate of drug-likeness (QED) is 0.278. The Morgan fingerprint density at radius 3 is 2.22 bits per heavy atom. The lowest BCUT2D eigenvalue weighted by Gasteiger charge is -2.26. The zero-order valence-corrected chi connectivity index (χ0v) is 21.3. The van der Waals surface area contributed by atoms with Crippen molar-refractivity contribution < 1.29 is 33.6 Å². The first kappa shape index (κ1) is 25.6. The minimum absolute atomic E-state index is 0.0450. The molecule has 0 spiro atoms. The number of methoxy groups -OCH3 is 4. The van der Waals surface area contributed by atoms with Crippen molar-refractivity contribution in [3.05, 3.63) is 82.7 Å². The normalized spacial score (nSPS) is 16.6. The van der Waals surface area contributed by atoms with Crippen LogP contribution in [0.1, 0.15) is 28.3 Å². The number of ketones is 1. The number of aromatic nitrogens is 1. The number of carbonyl (C=O) groups excluding carboxylic acids is 2. The van der Waals surface area contributed by atoms with E-state index < -0.39 is 17.7 Å². The van der Waals surface area contributed by atoms with Crippen molar-refractivity contribution in [2.24, 2.45) is 0 Å². The molecule has 0 aliphatic carbocycles. The molecule has 3 aromatic rings. The Bertz CT molecular complexity index is 1340. The van der Waals surface area contributed by atoms with Gasteiger partial charge in [-0.3, -0.25) is 14.6 Å². The minimum atomic E-state index is -0.935. The number of pyridine rings is 1. The van der Waals surface area contributed by atoms with Crippen LogP contribution in [-0.4, -0.2) is 55.1 Å². The molecule has 1 aliphatic rings. The highest BCUT2D eigenvalue weighted by molar-refractivity contribution is 6.46. The number of carbonyl (C=O) groups is 2. The molecule has 4 rings (SSSR count). The molecule has 192 valence electrons. The number of benzene rings is 2. The number of aryl methyl sites for hydroxylation is 1. The van der Waals surface area contributed by atoms with Crippen LogP contribution in [0.4, 0.5) is 0 Å². The molecule has 9 heteroatoms. The number of aliphatic hydroxyl groups is 1. The molecule has 0 bridgehead atoms. The fraction of sp³-hybridized carbons (Fsp3) is 0.250. The van der Waals surface area contributed by atoms with Crippen molar-refractivity contribution >= 4 is 17.4 Å². The molecule has 37 heavy (non-hydrogen) atoms. The van der Waals surface area contributed by atoms with E-state index in [9.17, 15) is 14.7 Å². The molecule has 1 atom stereocenters. The molecule has 2 aromatic carbocycles. The Morgan fingerprint density at radius 2 is 1.68 bits per heavy atom. The van der Waals surface area contributed by atoms with Crippen LogP contribution < -0.4 is 18.9 Å². The maximum atomic E-state index is 13.4. The highest BCUT2D eigenvalue weighted by Crippen LogP contribution is 2.46. The molecule has 0 saturated carbocycles. The van der Waals surface area contributed by atoms with E-state index in [2.05, 4.69) is 4.98 Å². The summed E-state index contributed by atoms with van der Waals surface area (Å²) in [6.07, 6.45) is 3.25. The van der Waals surface area contributed by atoms with Crippen LogP contribution in [0.3, 0.4) is 0 Å². The number of hydrogen-bond donors (Lipinski definition) is 1. The second-order valence-electron chi connectivity index (χ2n) is 8.43. The molecule has 1 unspecified atom stereocenters. The second-order valence-corrected chi connectivity index (χ2v) is 8.43. The van der Waals surface area contributed by atoms with E-state index in [4.69, 9.17) is 18.9 Å². The van der Waals surface area contributed by atoms with Gasteiger partial charge in [-0.1, -0.05) is 6.07 Å². The van der Waals surface area contributed by atoms with Crippen LogP contribution in [0.2, 0.25) is 0 Å². The summed E-state index contributed by atoms with van der Waals surface area (Å²) in [6, 6.07) is 11.1.